The summed E-state index contributed by atoms with van der Waals surface area (Å²) in [5.41, 5.74) is 1.12. The molecular weight excluding hydrogens is 425 g/mol. The van der Waals surface area contributed by atoms with E-state index in [4.69, 9.17) is 23.2 Å². The van der Waals surface area contributed by atoms with Crippen molar-refractivity contribution in [1.29, 1.82) is 0 Å². The fourth-order valence-electron chi connectivity index (χ4n) is 4.93. The lowest BCUT2D eigenvalue weighted by Crippen LogP contribution is -2.38. The third-order valence-electron chi connectivity index (χ3n) is 6.35. The Morgan fingerprint density at radius 2 is 1.77 bits per heavy atom. The highest BCUT2D eigenvalue weighted by Gasteiger charge is 2.58. The summed E-state index contributed by atoms with van der Waals surface area (Å²) >= 11 is 11.9. The molecule has 2 unspecified atom stereocenters. The van der Waals surface area contributed by atoms with Crippen molar-refractivity contribution in [2.45, 2.75) is 38.3 Å². The zero-order valence-electron chi connectivity index (χ0n) is 16.5. The molecule has 0 aromatic heterocycles. The van der Waals surface area contributed by atoms with Crippen molar-refractivity contribution in [1.82, 2.24) is 5.32 Å². The molecule has 2 aromatic carbocycles. The van der Waals surface area contributed by atoms with Crippen molar-refractivity contribution in [2.75, 3.05) is 5.32 Å². The van der Waals surface area contributed by atoms with Crippen LogP contribution in [0.1, 0.15) is 36.5 Å². The topological polar surface area (TPSA) is 84.3 Å². The number of halogens is 2. The number of nitrogens with one attached hydrogen (secondary N) is 2. The molecule has 0 radical (unpaired) electrons. The summed E-state index contributed by atoms with van der Waals surface area (Å²) in [4.78, 5) is 23.5. The summed E-state index contributed by atoms with van der Waals surface area (Å²) in [5, 5.41) is 18.8. The van der Waals surface area contributed by atoms with E-state index in [9.17, 15) is 14.9 Å². The first-order chi connectivity index (χ1) is 14.4. The first-order valence-electron chi connectivity index (χ1n) is 10.1. The molecule has 0 aliphatic heterocycles. The SMILES string of the molecule is CC[C@@H](NC(=O)c1ccc(Cl)cc1)C1[C@H]2CC(Nc3cc(Cl)ccc3[N+](=O)[O-])C[C@@H]12. The normalized spacial score (nSPS) is 25.3. The Bertz CT molecular complexity index is 955. The molecule has 6 nitrogen and oxygen atoms in total. The van der Waals surface area contributed by atoms with E-state index in [0.29, 0.717) is 39.0 Å². The van der Waals surface area contributed by atoms with Crippen LogP contribution in [-0.4, -0.2) is 22.9 Å². The number of nitrogens with zero attached hydrogens (tertiary/aromatic N) is 1. The van der Waals surface area contributed by atoms with Crippen LogP contribution in [0.2, 0.25) is 10.0 Å². The van der Waals surface area contributed by atoms with E-state index in [1.54, 1.807) is 30.3 Å². The molecule has 2 saturated carbocycles. The zero-order chi connectivity index (χ0) is 21.4. The maximum atomic E-state index is 12.6. The molecule has 0 spiro atoms. The summed E-state index contributed by atoms with van der Waals surface area (Å²) in [6, 6.07) is 11.8. The van der Waals surface area contributed by atoms with E-state index in [-0.39, 0.29) is 23.7 Å². The summed E-state index contributed by atoms with van der Waals surface area (Å²) < 4.78 is 0. The van der Waals surface area contributed by atoms with E-state index in [0.717, 1.165) is 19.3 Å². The highest BCUT2D eigenvalue weighted by atomic mass is 35.5. The van der Waals surface area contributed by atoms with Gasteiger partial charge in [-0.15, -0.1) is 0 Å². The number of nitro benzene ring substituents is 1. The monoisotopic (exact) mass is 447 g/mol. The van der Waals surface area contributed by atoms with Gasteiger partial charge in [-0.3, -0.25) is 14.9 Å². The van der Waals surface area contributed by atoms with Gasteiger partial charge in [0.05, 0.1) is 4.92 Å². The summed E-state index contributed by atoms with van der Waals surface area (Å²) in [5.74, 6) is 1.43. The van der Waals surface area contributed by atoms with Gasteiger partial charge in [-0.1, -0.05) is 30.1 Å². The predicted octanol–water partition coefficient (Wildman–Crippen LogP) is 5.55. The lowest BCUT2D eigenvalue weighted by Gasteiger charge is -2.22. The van der Waals surface area contributed by atoms with Crippen LogP contribution in [0.3, 0.4) is 0 Å². The van der Waals surface area contributed by atoms with Crippen LogP contribution in [0.15, 0.2) is 42.5 Å². The number of anilines is 1. The fourth-order valence-corrected chi connectivity index (χ4v) is 5.23. The molecule has 0 heterocycles. The van der Waals surface area contributed by atoms with Crippen LogP contribution < -0.4 is 10.6 Å². The number of hydrogen-bond acceptors (Lipinski definition) is 4. The molecule has 2 N–H and O–H groups in total. The molecule has 2 aromatic rings. The Hall–Kier alpha value is -2.31. The average molecular weight is 448 g/mol. The molecule has 8 heteroatoms. The lowest BCUT2D eigenvalue weighted by molar-refractivity contribution is -0.384. The maximum Gasteiger partial charge on any atom is 0.292 e. The number of fused-ring (bicyclic) bond motifs is 1. The molecule has 2 aliphatic carbocycles. The van der Waals surface area contributed by atoms with Gasteiger partial charge in [-0.2, -0.15) is 0 Å². The van der Waals surface area contributed by atoms with Crippen LogP contribution >= 0.6 is 23.2 Å². The van der Waals surface area contributed by atoms with Gasteiger partial charge in [0.2, 0.25) is 0 Å². The number of carbonyl (C=O) groups is 1. The summed E-state index contributed by atoms with van der Waals surface area (Å²) in [6.45, 7) is 2.09. The third kappa shape index (κ3) is 4.25. The molecule has 30 heavy (non-hydrogen) atoms. The number of carbonyl (C=O) groups excluding carboxylic acids is 1. The van der Waals surface area contributed by atoms with Gasteiger partial charge < -0.3 is 10.6 Å². The first kappa shape index (κ1) is 20.9. The van der Waals surface area contributed by atoms with Crippen molar-refractivity contribution < 1.29 is 9.72 Å². The Kier molecular flexibility index (Phi) is 5.89. The van der Waals surface area contributed by atoms with Gasteiger partial charge in [0.25, 0.3) is 11.6 Å². The predicted molar refractivity (Wildman–Crippen MR) is 118 cm³/mol. The molecular formula is C22H23Cl2N3O3. The van der Waals surface area contributed by atoms with Crippen LogP contribution in [-0.2, 0) is 0 Å². The molecule has 2 fully saturated rings. The van der Waals surface area contributed by atoms with Crippen LogP contribution in [0.4, 0.5) is 11.4 Å². The molecule has 2 aliphatic rings. The first-order valence-corrected chi connectivity index (χ1v) is 10.9. The fraction of sp³-hybridized carbons (Fsp3) is 0.409. The third-order valence-corrected chi connectivity index (χ3v) is 6.84. The lowest BCUT2D eigenvalue weighted by atomic mass is 9.98. The van der Waals surface area contributed by atoms with E-state index >= 15 is 0 Å². The molecule has 5 atom stereocenters. The Morgan fingerprint density at radius 3 is 2.37 bits per heavy atom. The second-order valence-electron chi connectivity index (χ2n) is 8.13. The summed E-state index contributed by atoms with van der Waals surface area (Å²) in [7, 11) is 0. The smallest absolute Gasteiger partial charge is 0.292 e. The van der Waals surface area contributed by atoms with Crippen molar-refractivity contribution in [3.63, 3.8) is 0 Å². The van der Waals surface area contributed by atoms with E-state index in [1.807, 2.05) is 0 Å². The van der Waals surface area contributed by atoms with Gasteiger partial charge in [0.1, 0.15) is 5.69 Å². The van der Waals surface area contributed by atoms with E-state index < -0.39 is 4.92 Å². The average Bonchev–Trinajstić information content (AvgIpc) is 3.20. The largest absolute Gasteiger partial charge is 0.377 e. The Balaban J connectivity index is 1.35. The summed E-state index contributed by atoms with van der Waals surface area (Å²) in [6.07, 6.45) is 2.74. The van der Waals surface area contributed by atoms with Gasteiger partial charge in [-0.25, -0.2) is 0 Å². The second kappa shape index (κ2) is 8.44. The number of benzene rings is 2. The standard InChI is InChI=1S/C22H23Cl2N3O3/c1-2-18(26-22(28)12-3-5-13(23)6-4-12)21-16-10-15(11-17(16)21)25-19-9-14(24)7-8-20(19)27(29)30/h3-9,15-18,21,25H,2,10-11H2,1H3,(H,26,28)/t15?,16-,17+,18-,21?/m1/s1. The molecule has 4 rings (SSSR count). The second-order valence-corrected chi connectivity index (χ2v) is 9.00. The van der Waals surface area contributed by atoms with E-state index in [1.165, 1.54) is 12.1 Å². The quantitative estimate of drug-likeness (QED) is 0.430. The van der Waals surface area contributed by atoms with Crippen LogP contribution in [0, 0.1) is 27.9 Å². The van der Waals surface area contributed by atoms with E-state index in [2.05, 4.69) is 17.6 Å². The van der Waals surface area contributed by atoms with Gasteiger partial charge >= 0.3 is 0 Å². The maximum absolute atomic E-state index is 12.6. The van der Waals surface area contributed by atoms with Crippen molar-refractivity contribution in [3.05, 3.63) is 68.2 Å². The number of rotatable bonds is 7. The number of hydrogen-bond donors (Lipinski definition) is 2. The Labute approximate surface area is 185 Å². The Morgan fingerprint density at radius 1 is 1.13 bits per heavy atom. The van der Waals surface area contributed by atoms with Crippen LogP contribution in [0.5, 0.6) is 0 Å². The van der Waals surface area contributed by atoms with Gasteiger partial charge in [-0.05, 0) is 73.4 Å². The highest BCUT2D eigenvalue weighted by Crippen LogP contribution is 2.60. The van der Waals surface area contributed by atoms with Gasteiger partial charge in [0, 0.05) is 33.8 Å². The molecule has 0 saturated heterocycles. The number of amides is 1. The minimum absolute atomic E-state index is 0.0400. The molecule has 1 amide bonds. The minimum Gasteiger partial charge on any atom is -0.377 e. The molecule has 158 valence electrons. The van der Waals surface area contributed by atoms with Gasteiger partial charge in [0.15, 0.2) is 0 Å². The number of nitro groups is 1. The van der Waals surface area contributed by atoms with Crippen molar-refractivity contribution >= 4 is 40.5 Å². The van der Waals surface area contributed by atoms with Crippen LogP contribution in [0.25, 0.3) is 0 Å². The molecule has 0 bridgehead atoms. The van der Waals surface area contributed by atoms with Crippen molar-refractivity contribution in [3.8, 4) is 0 Å². The minimum atomic E-state index is -0.392. The highest BCUT2D eigenvalue weighted by molar-refractivity contribution is 6.31. The zero-order valence-corrected chi connectivity index (χ0v) is 18.0. The van der Waals surface area contributed by atoms with Crippen molar-refractivity contribution in [2.24, 2.45) is 17.8 Å².